The van der Waals surface area contributed by atoms with Gasteiger partial charge in [0.05, 0.1) is 42.2 Å². The Hall–Kier alpha value is -4.15. The first-order valence-corrected chi connectivity index (χ1v) is 12.0. The van der Waals surface area contributed by atoms with Crippen molar-refractivity contribution in [3.63, 3.8) is 0 Å². The Labute approximate surface area is 211 Å². The highest BCUT2D eigenvalue weighted by Gasteiger charge is 2.17. The van der Waals surface area contributed by atoms with Gasteiger partial charge in [-0.05, 0) is 77.2 Å². The summed E-state index contributed by atoms with van der Waals surface area (Å²) >= 11 is 0. The fraction of sp³-hybridized carbons (Fsp3) is 0.222. The lowest BCUT2D eigenvalue weighted by Crippen LogP contribution is -2.38. The first-order chi connectivity index (χ1) is 18.1. The molecule has 0 bridgehead atoms. The zero-order valence-corrected chi connectivity index (χ0v) is 19.9. The van der Waals surface area contributed by atoms with Crippen molar-refractivity contribution < 1.29 is 13.5 Å². The maximum atomic E-state index is 13.6. The Bertz CT molecular complexity index is 1530. The average molecular weight is 500 g/mol. The maximum Gasteiger partial charge on any atom is 0.182 e. The average Bonchev–Trinajstić information content (AvgIpc) is 3.41. The fourth-order valence-corrected chi connectivity index (χ4v) is 4.43. The van der Waals surface area contributed by atoms with Crippen molar-refractivity contribution in [2.24, 2.45) is 0 Å². The minimum atomic E-state index is -0.341. The van der Waals surface area contributed by atoms with Crippen LogP contribution < -0.4 is 0 Å². The molecule has 0 saturated carbocycles. The number of tetrazole rings is 1. The van der Waals surface area contributed by atoms with Crippen molar-refractivity contribution in [1.82, 2.24) is 35.1 Å². The minimum absolute atomic E-state index is 0.336. The van der Waals surface area contributed by atoms with Crippen molar-refractivity contribution in [2.45, 2.75) is 6.54 Å². The van der Waals surface area contributed by atoms with Crippen molar-refractivity contribution >= 4 is 11.0 Å². The SMILES string of the molecule is Fc1ccc(-c2nc3ccc(-c4nnnn4CCN4CCOCC4)cc3nc2-c2ccc(F)cc2)cc1. The molecule has 37 heavy (non-hydrogen) atoms. The van der Waals surface area contributed by atoms with Gasteiger partial charge in [-0.15, -0.1) is 5.10 Å². The van der Waals surface area contributed by atoms with E-state index >= 15 is 0 Å². The number of fused-ring (bicyclic) bond motifs is 1. The van der Waals surface area contributed by atoms with E-state index in [0.29, 0.717) is 45.9 Å². The van der Waals surface area contributed by atoms with Crippen LogP contribution >= 0.6 is 0 Å². The van der Waals surface area contributed by atoms with E-state index in [-0.39, 0.29) is 11.6 Å². The summed E-state index contributed by atoms with van der Waals surface area (Å²) in [5, 5.41) is 12.3. The molecule has 0 unspecified atom stereocenters. The van der Waals surface area contributed by atoms with Crippen LogP contribution in [0.25, 0.3) is 44.9 Å². The Morgan fingerprint density at radius 1 is 0.703 bits per heavy atom. The lowest BCUT2D eigenvalue weighted by atomic mass is 10.0. The number of hydrogen-bond donors (Lipinski definition) is 0. The molecule has 1 fully saturated rings. The van der Waals surface area contributed by atoms with E-state index in [9.17, 15) is 8.78 Å². The third kappa shape index (κ3) is 4.93. The molecule has 8 nitrogen and oxygen atoms in total. The molecule has 0 radical (unpaired) electrons. The van der Waals surface area contributed by atoms with Gasteiger partial charge in [0.15, 0.2) is 5.82 Å². The van der Waals surface area contributed by atoms with Gasteiger partial charge < -0.3 is 4.74 Å². The summed E-state index contributed by atoms with van der Waals surface area (Å²) in [6.45, 7) is 4.74. The second kappa shape index (κ2) is 10.1. The standard InChI is InChI=1S/C27H23F2N7O/c28-21-6-1-18(2-7-21)25-26(19-3-8-22(29)9-4-19)31-24-17-20(5-10-23(24)30-25)27-32-33-34-36(27)12-11-35-13-15-37-16-14-35/h1-10,17H,11-16H2. The van der Waals surface area contributed by atoms with Gasteiger partial charge in [0.1, 0.15) is 11.6 Å². The van der Waals surface area contributed by atoms with Crippen LogP contribution in [0.2, 0.25) is 0 Å². The van der Waals surface area contributed by atoms with Gasteiger partial charge in [-0.1, -0.05) is 0 Å². The van der Waals surface area contributed by atoms with Gasteiger partial charge in [0, 0.05) is 36.3 Å². The van der Waals surface area contributed by atoms with Gasteiger partial charge in [0.25, 0.3) is 0 Å². The molecular formula is C27H23F2N7O. The van der Waals surface area contributed by atoms with Crippen molar-refractivity contribution in [3.05, 3.63) is 78.4 Å². The smallest absolute Gasteiger partial charge is 0.182 e. The van der Waals surface area contributed by atoms with Gasteiger partial charge in [0.2, 0.25) is 0 Å². The number of hydrogen-bond acceptors (Lipinski definition) is 7. The summed E-state index contributed by atoms with van der Waals surface area (Å²) in [6.07, 6.45) is 0. The van der Waals surface area contributed by atoms with E-state index in [4.69, 9.17) is 14.7 Å². The van der Waals surface area contributed by atoms with Gasteiger partial charge >= 0.3 is 0 Å². The number of rotatable bonds is 6. The molecule has 10 heteroatoms. The number of halogens is 2. The van der Waals surface area contributed by atoms with Crippen LogP contribution in [-0.2, 0) is 11.3 Å². The molecule has 1 aliphatic heterocycles. The molecule has 0 spiro atoms. The summed E-state index contributed by atoms with van der Waals surface area (Å²) in [5.74, 6) is -0.0354. The number of aromatic nitrogens is 6. The van der Waals surface area contributed by atoms with Crippen LogP contribution in [0.3, 0.4) is 0 Å². The first kappa shape index (κ1) is 23.3. The van der Waals surface area contributed by atoms with E-state index < -0.39 is 0 Å². The first-order valence-electron chi connectivity index (χ1n) is 12.0. The van der Waals surface area contributed by atoms with Gasteiger partial charge in [-0.3, -0.25) is 4.90 Å². The summed E-state index contributed by atoms with van der Waals surface area (Å²) in [4.78, 5) is 12.1. The van der Waals surface area contributed by atoms with Crippen LogP contribution in [-0.4, -0.2) is 67.9 Å². The van der Waals surface area contributed by atoms with E-state index in [2.05, 4.69) is 20.4 Å². The van der Waals surface area contributed by atoms with E-state index in [1.54, 1.807) is 28.9 Å². The molecule has 0 amide bonds. The van der Waals surface area contributed by atoms with Gasteiger partial charge in [-0.2, -0.15) is 0 Å². The lowest BCUT2D eigenvalue weighted by Gasteiger charge is -2.26. The molecule has 6 rings (SSSR count). The molecule has 3 aromatic carbocycles. The zero-order chi connectivity index (χ0) is 25.2. The van der Waals surface area contributed by atoms with Crippen LogP contribution in [0.1, 0.15) is 0 Å². The monoisotopic (exact) mass is 499 g/mol. The second-order valence-electron chi connectivity index (χ2n) is 8.82. The number of morpholine rings is 1. The van der Waals surface area contributed by atoms with E-state index in [0.717, 1.165) is 38.4 Å². The van der Waals surface area contributed by atoms with Crippen LogP contribution in [0.4, 0.5) is 8.78 Å². The highest BCUT2D eigenvalue weighted by atomic mass is 19.1. The van der Waals surface area contributed by atoms with Crippen LogP contribution in [0, 0.1) is 11.6 Å². The summed E-state index contributed by atoms with van der Waals surface area (Å²) in [6, 6.07) is 17.9. The van der Waals surface area contributed by atoms with E-state index in [1.807, 2.05) is 18.2 Å². The van der Waals surface area contributed by atoms with Crippen molar-refractivity contribution in [1.29, 1.82) is 0 Å². The molecule has 5 aromatic rings. The largest absolute Gasteiger partial charge is 0.379 e. The Kier molecular flexibility index (Phi) is 6.33. The Morgan fingerprint density at radius 2 is 1.30 bits per heavy atom. The van der Waals surface area contributed by atoms with Crippen LogP contribution in [0.5, 0.6) is 0 Å². The molecule has 1 aliphatic rings. The third-order valence-electron chi connectivity index (χ3n) is 6.42. The zero-order valence-electron chi connectivity index (χ0n) is 19.9. The topological polar surface area (TPSA) is 81.9 Å². The molecule has 0 aliphatic carbocycles. The number of nitrogens with zero attached hydrogens (tertiary/aromatic N) is 7. The summed E-state index contributed by atoms with van der Waals surface area (Å²) in [5.41, 5.74) is 4.70. The molecule has 0 atom stereocenters. The predicted molar refractivity (Wildman–Crippen MR) is 134 cm³/mol. The molecular weight excluding hydrogens is 476 g/mol. The number of benzene rings is 3. The summed E-state index contributed by atoms with van der Waals surface area (Å²) in [7, 11) is 0. The minimum Gasteiger partial charge on any atom is -0.379 e. The van der Waals surface area contributed by atoms with Crippen LogP contribution in [0.15, 0.2) is 66.7 Å². The maximum absolute atomic E-state index is 13.6. The van der Waals surface area contributed by atoms with Crippen molar-refractivity contribution in [3.8, 4) is 33.9 Å². The molecule has 1 saturated heterocycles. The molecule has 186 valence electrons. The fourth-order valence-electron chi connectivity index (χ4n) is 4.43. The number of ether oxygens (including phenoxy) is 1. The quantitative estimate of drug-likeness (QED) is 0.346. The normalized spacial score (nSPS) is 14.3. The van der Waals surface area contributed by atoms with Crippen molar-refractivity contribution in [2.75, 3.05) is 32.8 Å². The van der Waals surface area contributed by atoms with Gasteiger partial charge in [-0.25, -0.2) is 23.4 Å². The predicted octanol–water partition coefficient (Wildman–Crippen LogP) is 4.23. The summed E-state index contributed by atoms with van der Waals surface area (Å²) < 4.78 is 34.4. The molecule has 2 aromatic heterocycles. The highest BCUT2D eigenvalue weighted by Crippen LogP contribution is 2.32. The highest BCUT2D eigenvalue weighted by molar-refractivity contribution is 5.88. The molecule has 3 heterocycles. The third-order valence-corrected chi connectivity index (χ3v) is 6.42. The van der Waals surface area contributed by atoms with E-state index in [1.165, 1.54) is 24.3 Å². The second-order valence-corrected chi connectivity index (χ2v) is 8.82. The Morgan fingerprint density at radius 3 is 1.95 bits per heavy atom. The molecule has 0 N–H and O–H groups in total. The lowest BCUT2D eigenvalue weighted by molar-refractivity contribution is 0.0359. The Balaban J connectivity index is 1.39.